The molecule has 0 aliphatic rings. The van der Waals surface area contributed by atoms with E-state index in [4.69, 9.17) is 15.0 Å². The van der Waals surface area contributed by atoms with Gasteiger partial charge < -0.3 is 14.7 Å². The van der Waals surface area contributed by atoms with E-state index >= 15 is 0 Å². The number of benzene rings is 12. The van der Waals surface area contributed by atoms with E-state index in [2.05, 4.69) is 312 Å². The van der Waals surface area contributed by atoms with Crippen LogP contribution in [0.25, 0.3) is 88.0 Å². The van der Waals surface area contributed by atoms with Gasteiger partial charge in [-0.1, -0.05) is 182 Å². The van der Waals surface area contributed by atoms with Crippen molar-refractivity contribution in [2.75, 3.05) is 14.7 Å². The van der Waals surface area contributed by atoms with Crippen molar-refractivity contribution in [1.29, 1.82) is 0 Å². The van der Waals surface area contributed by atoms with Crippen LogP contribution in [-0.2, 0) is 0 Å². The third kappa shape index (κ3) is 9.73. The second-order valence-electron chi connectivity index (χ2n) is 21.2. The minimum atomic E-state index is 0.943. The van der Waals surface area contributed by atoms with Gasteiger partial charge in [0, 0.05) is 103 Å². The monoisotopic (exact) mass is 1090 g/mol. The average molecular weight is 1090 g/mol. The van der Waals surface area contributed by atoms with Crippen molar-refractivity contribution in [3.05, 3.63) is 328 Å². The summed E-state index contributed by atoms with van der Waals surface area (Å²) in [6.45, 7) is 0. The Labute approximate surface area is 494 Å². The molecule has 400 valence electrons. The lowest BCUT2D eigenvalue weighted by Gasteiger charge is -2.27. The Hall–Kier alpha value is -11.5. The molecule has 0 saturated heterocycles. The van der Waals surface area contributed by atoms with Crippen LogP contribution in [0.15, 0.2) is 328 Å². The van der Waals surface area contributed by atoms with Crippen LogP contribution in [0.1, 0.15) is 0 Å². The maximum Gasteiger partial charge on any atom is 0.0786 e. The van der Waals surface area contributed by atoms with Gasteiger partial charge in [-0.05, 0) is 166 Å². The molecule has 0 unspecified atom stereocenters. The first kappa shape index (κ1) is 50.5. The summed E-state index contributed by atoms with van der Waals surface area (Å²) in [6.07, 6.45) is 5.68. The number of para-hydroxylation sites is 6. The highest BCUT2D eigenvalue weighted by Crippen LogP contribution is 2.44. The van der Waals surface area contributed by atoms with Crippen molar-refractivity contribution in [3.8, 4) is 44.5 Å². The quantitative estimate of drug-likeness (QED) is 0.115. The van der Waals surface area contributed by atoms with Gasteiger partial charge in [-0.3, -0.25) is 15.0 Å². The van der Waals surface area contributed by atoms with Crippen LogP contribution in [0.4, 0.5) is 51.2 Å². The fourth-order valence-electron chi connectivity index (χ4n) is 12.1. The predicted octanol–water partition coefficient (Wildman–Crippen LogP) is 21.6. The maximum atomic E-state index is 5.10. The number of hydrogen-bond donors (Lipinski definition) is 0. The predicted molar refractivity (Wildman–Crippen MR) is 356 cm³/mol. The second-order valence-corrected chi connectivity index (χ2v) is 21.2. The van der Waals surface area contributed by atoms with Crippen LogP contribution in [0.2, 0.25) is 0 Å². The van der Waals surface area contributed by atoms with E-state index in [0.29, 0.717) is 0 Å². The van der Waals surface area contributed by atoms with Crippen molar-refractivity contribution < 1.29 is 0 Å². The highest BCUT2D eigenvalue weighted by molar-refractivity contribution is 6.03. The highest BCUT2D eigenvalue weighted by Gasteiger charge is 2.20. The summed E-state index contributed by atoms with van der Waals surface area (Å²) in [7, 11) is 0. The van der Waals surface area contributed by atoms with Gasteiger partial charge in [0.05, 0.1) is 16.6 Å². The first-order chi connectivity index (χ1) is 42.1. The average Bonchev–Trinajstić information content (AvgIpc) is 3.77. The lowest BCUT2D eigenvalue weighted by Crippen LogP contribution is -2.10. The Morgan fingerprint density at radius 3 is 1.02 bits per heavy atom. The summed E-state index contributed by atoms with van der Waals surface area (Å²) >= 11 is 0. The third-order valence-corrected chi connectivity index (χ3v) is 16.1. The van der Waals surface area contributed by atoms with Gasteiger partial charge in [0.1, 0.15) is 0 Å². The van der Waals surface area contributed by atoms with E-state index in [1.54, 1.807) is 0 Å². The molecule has 6 nitrogen and oxygen atoms in total. The Morgan fingerprint density at radius 2 is 0.541 bits per heavy atom. The molecule has 0 N–H and O–H groups in total. The molecule has 3 heterocycles. The van der Waals surface area contributed by atoms with Crippen LogP contribution in [-0.4, -0.2) is 15.0 Å². The zero-order valence-corrected chi connectivity index (χ0v) is 46.4. The molecule has 0 radical (unpaired) electrons. The van der Waals surface area contributed by atoms with E-state index in [1.807, 2.05) is 30.7 Å². The van der Waals surface area contributed by atoms with E-state index in [1.165, 1.54) is 0 Å². The van der Waals surface area contributed by atoms with Gasteiger partial charge in [-0.15, -0.1) is 0 Å². The van der Waals surface area contributed by atoms with Crippen LogP contribution in [0.5, 0.6) is 0 Å². The zero-order valence-electron chi connectivity index (χ0n) is 46.4. The minimum absolute atomic E-state index is 0.943. The number of hydrogen-bond acceptors (Lipinski definition) is 6. The molecule has 0 amide bonds. The molecule has 0 bridgehead atoms. The van der Waals surface area contributed by atoms with Crippen molar-refractivity contribution >= 4 is 94.7 Å². The number of rotatable bonds is 13. The van der Waals surface area contributed by atoms with Gasteiger partial charge in [0.2, 0.25) is 0 Å². The summed E-state index contributed by atoms with van der Waals surface area (Å²) in [5, 5.41) is 5.63. The summed E-state index contributed by atoms with van der Waals surface area (Å²) in [5.41, 5.74) is 21.4. The molecule has 3 aromatic heterocycles. The summed E-state index contributed by atoms with van der Waals surface area (Å²) in [6, 6.07) is 110. The first-order valence-corrected chi connectivity index (χ1v) is 28.7. The molecule has 6 heteroatoms. The molecular formula is C79H54N6. The normalized spacial score (nSPS) is 11.3. The van der Waals surface area contributed by atoms with E-state index in [0.717, 1.165) is 139 Å². The fourth-order valence-corrected chi connectivity index (χ4v) is 12.1. The molecule has 0 atom stereocenters. The van der Waals surface area contributed by atoms with Crippen LogP contribution in [0.3, 0.4) is 0 Å². The van der Waals surface area contributed by atoms with Gasteiger partial charge in [-0.25, -0.2) is 0 Å². The summed E-state index contributed by atoms with van der Waals surface area (Å²) < 4.78 is 0. The molecule has 0 aliphatic heterocycles. The van der Waals surface area contributed by atoms with Gasteiger partial charge in [-0.2, -0.15) is 0 Å². The van der Waals surface area contributed by atoms with Crippen molar-refractivity contribution in [3.63, 3.8) is 0 Å². The molecule has 0 spiro atoms. The van der Waals surface area contributed by atoms with Crippen LogP contribution >= 0.6 is 0 Å². The topological polar surface area (TPSA) is 48.4 Å². The lowest BCUT2D eigenvalue weighted by molar-refractivity contribution is 1.28. The Balaban J connectivity index is 0.764. The van der Waals surface area contributed by atoms with Crippen molar-refractivity contribution in [1.82, 2.24) is 15.0 Å². The van der Waals surface area contributed by atoms with Gasteiger partial charge in [0.15, 0.2) is 0 Å². The van der Waals surface area contributed by atoms with E-state index in [-0.39, 0.29) is 0 Å². The molecule has 0 saturated carbocycles. The third-order valence-electron chi connectivity index (χ3n) is 16.1. The molecule has 15 aromatic rings. The second kappa shape index (κ2) is 22.1. The summed E-state index contributed by atoms with van der Waals surface area (Å²) in [5.74, 6) is 0. The standard InChI is InChI=1S/C79H54N6/c1-4-21-63(22-5-1)84(64-23-6-2-7-24-64)70-46-38-61-53-71(47-39-60(61)52-70)85(65-25-8-3-9-26-65)69-27-10-18-62(54-69)72-48-51-82-79-75(30-13-31-76(72)79)57-36-44-68(45-37-57)83(66-40-32-55(33-41-66)73-28-11-16-58-19-14-49-80-77(58)73)67-42-34-56(35-43-67)74-29-12-17-59-20-15-50-81-78(59)74/h1-54H. The van der Waals surface area contributed by atoms with E-state index < -0.39 is 0 Å². The first-order valence-electron chi connectivity index (χ1n) is 28.7. The Kier molecular flexibility index (Phi) is 13.1. The maximum absolute atomic E-state index is 5.10. The Bertz CT molecular complexity index is 4710. The van der Waals surface area contributed by atoms with Crippen molar-refractivity contribution in [2.24, 2.45) is 0 Å². The molecule has 12 aromatic carbocycles. The number of anilines is 9. The molecule has 15 rings (SSSR count). The van der Waals surface area contributed by atoms with E-state index in [9.17, 15) is 0 Å². The minimum Gasteiger partial charge on any atom is -0.311 e. The summed E-state index contributed by atoms with van der Waals surface area (Å²) in [4.78, 5) is 21.6. The van der Waals surface area contributed by atoms with Crippen molar-refractivity contribution in [2.45, 2.75) is 0 Å². The largest absolute Gasteiger partial charge is 0.311 e. The zero-order chi connectivity index (χ0) is 56.5. The smallest absolute Gasteiger partial charge is 0.0786 e. The fraction of sp³-hybridized carbons (Fsp3) is 0. The number of aromatic nitrogens is 3. The molecule has 85 heavy (non-hydrogen) atoms. The van der Waals surface area contributed by atoms with Gasteiger partial charge in [0.25, 0.3) is 0 Å². The SMILES string of the molecule is c1ccc(N(c2ccccc2)c2ccc3cc(N(c4ccccc4)c4cccc(-c5ccnc6c(-c7ccc(N(c8ccc(-c9cccc%10cccnc9%10)cc8)c8ccc(-c9cccc%10cccnc9%10)cc8)cc7)cccc56)c4)ccc3c2)cc1. The molecule has 0 fully saturated rings. The number of fused-ring (bicyclic) bond motifs is 4. The molecular weight excluding hydrogens is 1030 g/mol. The number of pyridine rings is 3. The van der Waals surface area contributed by atoms with Crippen LogP contribution < -0.4 is 14.7 Å². The Morgan fingerprint density at radius 1 is 0.188 bits per heavy atom. The van der Waals surface area contributed by atoms with Crippen LogP contribution in [0, 0.1) is 0 Å². The van der Waals surface area contributed by atoms with Gasteiger partial charge >= 0.3 is 0 Å². The number of nitrogens with zero attached hydrogens (tertiary/aromatic N) is 6. The lowest BCUT2D eigenvalue weighted by atomic mass is 9.96. The molecule has 0 aliphatic carbocycles. The highest BCUT2D eigenvalue weighted by atomic mass is 15.2.